The summed E-state index contributed by atoms with van der Waals surface area (Å²) in [5.41, 5.74) is 0. The van der Waals surface area contributed by atoms with Gasteiger partial charge in [-0.3, -0.25) is 14.9 Å². The normalized spacial score (nSPS) is 20.4. The van der Waals surface area contributed by atoms with Crippen molar-refractivity contribution < 1.29 is 27.1 Å². The maximum absolute atomic E-state index is 13.9. The number of benzene rings is 1. The average molecular weight is 454 g/mol. The van der Waals surface area contributed by atoms with Gasteiger partial charge in [0.05, 0.1) is 17.3 Å². The Hall–Kier alpha value is -1.96. The molecular weight excluding hydrogens is 421 g/mol. The largest absolute Gasteiger partial charge is 0.490 e. The molecule has 1 saturated heterocycles. The average Bonchev–Trinajstić information content (AvgIpc) is 3.52. The van der Waals surface area contributed by atoms with Crippen LogP contribution >= 0.6 is 0 Å². The van der Waals surface area contributed by atoms with Gasteiger partial charge in [-0.25, -0.2) is 12.8 Å². The molecule has 1 saturated carbocycles. The third-order valence-corrected chi connectivity index (χ3v) is 8.02. The maximum atomic E-state index is 13.9. The molecule has 8 heteroatoms. The van der Waals surface area contributed by atoms with E-state index in [1.54, 1.807) is 0 Å². The first-order valence-corrected chi connectivity index (χ1v) is 12.9. The Morgan fingerprint density at radius 3 is 2.65 bits per heavy atom. The Bertz CT molecular complexity index is 897. The minimum Gasteiger partial charge on any atom is -0.490 e. The van der Waals surface area contributed by atoms with Crippen LogP contribution in [0, 0.1) is 23.6 Å². The summed E-state index contributed by atoms with van der Waals surface area (Å²) in [7, 11) is -3.53. The van der Waals surface area contributed by atoms with Crippen molar-refractivity contribution in [2.45, 2.75) is 69.6 Å². The van der Waals surface area contributed by atoms with E-state index < -0.39 is 15.7 Å². The molecule has 1 heterocycles. The Morgan fingerprint density at radius 2 is 1.94 bits per heavy atom. The van der Waals surface area contributed by atoms with Gasteiger partial charge in [0.15, 0.2) is 21.4 Å². The predicted molar refractivity (Wildman–Crippen MR) is 115 cm³/mol. The summed E-state index contributed by atoms with van der Waals surface area (Å²) in [6.45, 7) is 2.33. The molecule has 1 aromatic rings. The number of imide groups is 1. The van der Waals surface area contributed by atoms with E-state index in [1.807, 2.05) is 6.92 Å². The molecule has 1 N–H and O–H groups in total. The monoisotopic (exact) mass is 453 g/mol. The Labute approximate surface area is 183 Å². The molecule has 0 bridgehead atoms. The first-order valence-electron chi connectivity index (χ1n) is 11.2. The van der Waals surface area contributed by atoms with Crippen molar-refractivity contribution in [1.82, 2.24) is 5.32 Å². The fraction of sp³-hybridized carbons (Fsp3) is 0.652. The summed E-state index contributed by atoms with van der Waals surface area (Å²) in [6, 6.07) is 3.77. The maximum Gasteiger partial charge on any atom is 0.229 e. The van der Waals surface area contributed by atoms with E-state index >= 15 is 0 Å². The van der Waals surface area contributed by atoms with Gasteiger partial charge in [0.1, 0.15) is 0 Å². The summed E-state index contributed by atoms with van der Waals surface area (Å²) < 4.78 is 44.9. The van der Waals surface area contributed by atoms with Gasteiger partial charge < -0.3 is 4.74 Å². The molecule has 2 atom stereocenters. The van der Waals surface area contributed by atoms with Crippen LogP contribution in [0.2, 0.25) is 0 Å². The van der Waals surface area contributed by atoms with Gasteiger partial charge in [-0.2, -0.15) is 0 Å². The lowest BCUT2D eigenvalue weighted by Crippen LogP contribution is -2.40. The summed E-state index contributed by atoms with van der Waals surface area (Å²) >= 11 is 0. The van der Waals surface area contributed by atoms with E-state index in [1.165, 1.54) is 12.1 Å². The van der Waals surface area contributed by atoms with E-state index in [0.717, 1.165) is 51.0 Å². The van der Waals surface area contributed by atoms with Crippen LogP contribution in [0.1, 0.15) is 64.7 Å². The summed E-state index contributed by atoms with van der Waals surface area (Å²) in [5, 5.41) is 2.38. The van der Waals surface area contributed by atoms with Crippen molar-refractivity contribution in [2.24, 2.45) is 17.8 Å². The molecule has 1 aliphatic carbocycles. The second kappa shape index (κ2) is 10.6. The van der Waals surface area contributed by atoms with Crippen LogP contribution in [0.4, 0.5) is 4.39 Å². The van der Waals surface area contributed by atoms with Crippen molar-refractivity contribution in [1.29, 1.82) is 0 Å². The lowest BCUT2D eigenvalue weighted by molar-refractivity contribution is -0.136. The number of unbranched alkanes of at least 4 members (excludes halogenated alkanes) is 2. The van der Waals surface area contributed by atoms with Crippen LogP contribution in [0.15, 0.2) is 23.1 Å². The van der Waals surface area contributed by atoms with E-state index in [4.69, 9.17) is 4.74 Å². The van der Waals surface area contributed by atoms with Crippen molar-refractivity contribution in [3.05, 3.63) is 24.0 Å². The second-order valence-electron chi connectivity index (χ2n) is 9.02. The minimum absolute atomic E-state index is 0.00778. The highest BCUT2D eigenvalue weighted by Crippen LogP contribution is 2.31. The van der Waals surface area contributed by atoms with Crippen LogP contribution < -0.4 is 10.1 Å². The molecule has 0 radical (unpaired) electrons. The second-order valence-corrected chi connectivity index (χ2v) is 11.1. The fourth-order valence-electron chi connectivity index (χ4n) is 3.91. The van der Waals surface area contributed by atoms with Gasteiger partial charge in [-0.1, -0.05) is 26.2 Å². The van der Waals surface area contributed by atoms with E-state index in [9.17, 15) is 22.4 Å². The van der Waals surface area contributed by atoms with Gasteiger partial charge >= 0.3 is 0 Å². The minimum atomic E-state index is -3.53. The zero-order valence-electron chi connectivity index (χ0n) is 18.1. The summed E-state index contributed by atoms with van der Waals surface area (Å²) in [4.78, 5) is 23.0. The number of carbonyl (C=O) groups excluding carboxylic acids is 2. The zero-order valence-corrected chi connectivity index (χ0v) is 18.9. The highest BCUT2D eigenvalue weighted by atomic mass is 32.2. The summed E-state index contributed by atoms with van der Waals surface area (Å²) in [5.74, 6) is -0.554. The highest BCUT2D eigenvalue weighted by Gasteiger charge is 2.26. The molecule has 1 unspecified atom stereocenters. The molecule has 1 aromatic carbocycles. The lowest BCUT2D eigenvalue weighted by Gasteiger charge is -2.20. The molecule has 1 aliphatic heterocycles. The molecule has 172 valence electrons. The number of carbonyl (C=O) groups is 2. The van der Waals surface area contributed by atoms with Crippen LogP contribution in [-0.4, -0.2) is 32.6 Å². The van der Waals surface area contributed by atoms with Crippen molar-refractivity contribution in [3.63, 3.8) is 0 Å². The molecule has 2 aliphatic rings. The van der Waals surface area contributed by atoms with E-state index in [0.29, 0.717) is 25.4 Å². The topological polar surface area (TPSA) is 89.5 Å². The number of ether oxygens (including phenoxy) is 1. The Morgan fingerprint density at radius 1 is 1.16 bits per heavy atom. The van der Waals surface area contributed by atoms with Gasteiger partial charge in [0.2, 0.25) is 11.8 Å². The Balaban J connectivity index is 1.40. The number of halogens is 1. The predicted octanol–water partition coefficient (Wildman–Crippen LogP) is 4.03. The van der Waals surface area contributed by atoms with Crippen molar-refractivity contribution in [2.75, 3.05) is 12.4 Å². The van der Waals surface area contributed by atoms with Crippen LogP contribution in [0.25, 0.3) is 0 Å². The molecule has 6 nitrogen and oxygen atoms in total. The smallest absolute Gasteiger partial charge is 0.229 e. The van der Waals surface area contributed by atoms with E-state index in [-0.39, 0.29) is 40.0 Å². The number of hydrogen-bond acceptors (Lipinski definition) is 5. The Kier molecular flexibility index (Phi) is 8.08. The standard InChI is InChI=1S/C23H32FNO5S/c1-16(5-3-2-4-6-18-9-12-22(26)25-23(18)27)15-31(28,29)19-10-11-20(24)21(13-19)30-14-17-7-8-17/h10-11,13,16-18H,2-9,12,14-15H2,1H3,(H,25,26,27)/t16-,18?/m0/s1. The third-order valence-electron chi connectivity index (χ3n) is 6.04. The summed E-state index contributed by atoms with van der Waals surface area (Å²) in [6.07, 6.45) is 7.36. The van der Waals surface area contributed by atoms with E-state index in [2.05, 4.69) is 5.32 Å². The molecule has 2 amide bonds. The van der Waals surface area contributed by atoms with Gasteiger partial charge in [0, 0.05) is 18.4 Å². The molecule has 0 aromatic heterocycles. The number of amides is 2. The quantitative estimate of drug-likeness (QED) is 0.293. The van der Waals surface area contributed by atoms with Gasteiger partial charge in [-0.15, -0.1) is 0 Å². The zero-order chi connectivity index (χ0) is 22.4. The highest BCUT2D eigenvalue weighted by molar-refractivity contribution is 7.91. The van der Waals surface area contributed by atoms with Crippen molar-refractivity contribution in [3.8, 4) is 5.75 Å². The van der Waals surface area contributed by atoms with Crippen LogP contribution in [-0.2, 0) is 19.4 Å². The van der Waals surface area contributed by atoms with Crippen LogP contribution in [0.5, 0.6) is 5.75 Å². The first-order chi connectivity index (χ1) is 14.7. The third kappa shape index (κ3) is 7.30. The molecule has 0 spiro atoms. The molecule has 2 fully saturated rings. The molecular formula is C23H32FNO5S. The number of nitrogens with one attached hydrogen (secondary N) is 1. The fourth-order valence-corrected chi connectivity index (χ4v) is 5.58. The van der Waals surface area contributed by atoms with Gasteiger partial charge in [0.25, 0.3) is 0 Å². The molecule has 31 heavy (non-hydrogen) atoms. The van der Waals surface area contributed by atoms with Gasteiger partial charge in [-0.05, 0) is 56.1 Å². The number of piperidine rings is 1. The molecule has 3 rings (SSSR count). The van der Waals surface area contributed by atoms with Crippen molar-refractivity contribution >= 4 is 21.7 Å². The number of hydrogen-bond donors (Lipinski definition) is 1. The number of sulfone groups is 1. The first kappa shape index (κ1) is 23.7. The van der Waals surface area contributed by atoms with Crippen LogP contribution in [0.3, 0.4) is 0 Å². The number of rotatable bonds is 12. The SMILES string of the molecule is C[C@@H](CCCCCC1CCC(=O)NC1=O)CS(=O)(=O)c1ccc(F)c(OCC2CC2)c1. The lowest BCUT2D eigenvalue weighted by atomic mass is 9.92.